The smallest absolute Gasteiger partial charge is 0.00846 e. The highest BCUT2D eigenvalue weighted by atomic mass is 14.3. The zero-order valence-electron chi connectivity index (χ0n) is 7.89. The molecule has 0 saturated carbocycles. The molecule has 0 radical (unpaired) electrons. The van der Waals surface area contributed by atoms with E-state index in [1.807, 2.05) is 0 Å². The second-order valence-electron chi connectivity index (χ2n) is 4.15. The van der Waals surface area contributed by atoms with E-state index in [0.717, 1.165) is 0 Å². The highest BCUT2D eigenvalue weighted by molar-refractivity contribution is 5.65. The van der Waals surface area contributed by atoms with Crippen molar-refractivity contribution in [1.29, 1.82) is 0 Å². The molecule has 1 aliphatic rings. The van der Waals surface area contributed by atoms with Crippen LogP contribution < -0.4 is 0 Å². The first-order valence-electron chi connectivity index (χ1n) is 4.40. The lowest BCUT2D eigenvalue weighted by molar-refractivity contribution is 0.683. The summed E-state index contributed by atoms with van der Waals surface area (Å²) >= 11 is 0. The van der Waals surface area contributed by atoms with Crippen molar-refractivity contribution in [3.8, 4) is 0 Å². The average molecular weight is 158 g/mol. The number of fused-ring (bicyclic) bond motifs is 1. The van der Waals surface area contributed by atoms with E-state index in [-0.39, 0.29) is 5.41 Å². The predicted molar refractivity (Wildman–Crippen MR) is 53.2 cm³/mol. The summed E-state index contributed by atoms with van der Waals surface area (Å²) < 4.78 is 0. The summed E-state index contributed by atoms with van der Waals surface area (Å²) in [5.74, 6) is 0. The Bertz CT molecular complexity index is 343. The van der Waals surface area contributed by atoms with Gasteiger partial charge in [0.05, 0.1) is 0 Å². The summed E-state index contributed by atoms with van der Waals surface area (Å²) in [6.07, 6.45) is 4.49. The summed E-state index contributed by atoms with van der Waals surface area (Å²) in [7, 11) is 0. The molecule has 0 heteroatoms. The van der Waals surface area contributed by atoms with Gasteiger partial charge in [0.15, 0.2) is 0 Å². The van der Waals surface area contributed by atoms with Gasteiger partial charge in [-0.05, 0) is 18.1 Å². The average Bonchev–Trinajstić information content (AvgIpc) is 2.28. The van der Waals surface area contributed by atoms with Crippen molar-refractivity contribution in [2.75, 3.05) is 0 Å². The molecule has 1 aliphatic carbocycles. The molecule has 0 spiro atoms. The van der Waals surface area contributed by atoms with Crippen molar-refractivity contribution in [3.05, 3.63) is 41.0 Å². The first-order valence-corrected chi connectivity index (χ1v) is 4.40. The molecule has 0 saturated heterocycles. The van der Waals surface area contributed by atoms with E-state index in [2.05, 4.69) is 51.1 Å². The van der Waals surface area contributed by atoms with Gasteiger partial charge in [-0.15, -0.1) is 0 Å². The molecule has 0 unspecified atom stereocenters. The number of rotatable bonds is 0. The Balaban J connectivity index is 2.63. The number of hydrogen-bond donors (Lipinski definition) is 0. The molecule has 2 rings (SSSR count). The number of hydrogen-bond acceptors (Lipinski definition) is 0. The van der Waals surface area contributed by atoms with E-state index in [1.54, 1.807) is 0 Å². The minimum Gasteiger partial charge on any atom is -0.0739 e. The Hall–Kier alpha value is -1.04. The molecule has 1 aromatic rings. The van der Waals surface area contributed by atoms with Crippen molar-refractivity contribution in [2.45, 2.75) is 26.2 Å². The van der Waals surface area contributed by atoms with E-state index in [0.29, 0.717) is 0 Å². The quantitative estimate of drug-likeness (QED) is 0.543. The topological polar surface area (TPSA) is 0 Å². The third-order valence-corrected chi connectivity index (χ3v) is 2.58. The monoisotopic (exact) mass is 158 g/mol. The second kappa shape index (κ2) is 2.22. The summed E-state index contributed by atoms with van der Waals surface area (Å²) in [6, 6.07) is 6.66. The molecule has 1 aromatic carbocycles. The van der Waals surface area contributed by atoms with Gasteiger partial charge in [0.25, 0.3) is 0 Å². The second-order valence-corrected chi connectivity index (χ2v) is 4.15. The Kier molecular flexibility index (Phi) is 1.41. The molecule has 0 atom stereocenters. The fourth-order valence-electron chi connectivity index (χ4n) is 1.76. The van der Waals surface area contributed by atoms with Crippen LogP contribution in [0.4, 0.5) is 0 Å². The lowest BCUT2D eigenvalue weighted by atomic mass is 9.86. The highest BCUT2D eigenvalue weighted by Crippen LogP contribution is 2.35. The van der Waals surface area contributed by atoms with Crippen molar-refractivity contribution in [2.24, 2.45) is 0 Å². The summed E-state index contributed by atoms with van der Waals surface area (Å²) in [5, 5.41) is 0. The minimum atomic E-state index is 0.237. The van der Waals surface area contributed by atoms with Crippen molar-refractivity contribution in [1.82, 2.24) is 0 Å². The van der Waals surface area contributed by atoms with Crippen LogP contribution in [0.3, 0.4) is 0 Å². The van der Waals surface area contributed by atoms with Gasteiger partial charge < -0.3 is 0 Å². The van der Waals surface area contributed by atoms with Gasteiger partial charge in [-0.3, -0.25) is 0 Å². The fraction of sp³-hybridized carbons (Fsp3) is 0.333. The van der Waals surface area contributed by atoms with Crippen LogP contribution in [0.15, 0.2) is 24.3 Å². The molecular formula is C12H14. The van der Waals surface area contributed by atoms with E-state index >= 15 is 0 Å². The third-order valence-electron chi connectivity index (χ3n) is 2.58. The van der Waals surface area contributed by atoms with Gasteiger partial charge in [0.2, 0.25) is 0 Å². The van der Waals surface area contributed by atoms with Crippen LogP contribution >= 0.6 is 0 Å². The molecule has 0 aliphatic heterocycles. The molecule has 0 nitrogen and oxygen atoms in total. The van der Waals surface area contributed by atoms with Gasteiger partial charge in [-0.2, -0.15) is 0 Å². The normalized spacial score (nSPS) is 17.9. The maximum absolute atomic E-state index is 2.29. The van der Waals surface area contributed by atoms with Crippen LogP contribution in [0.25, 0.3) is 6.08 Å². The van der Waals surface area contributed by atoms with Crippen molar-refractivity contribution >= 4 is 6.08 Å². The Morgan fingerprint density at radius 2 is 1.92 bits per heavy atom. The molecule has 0 fully saturated rings. The zero-order chi connectivity index (χ0) is 8.77. The predicted octanol–water partition coefficient (Wildman–Crippen LogP) is 3.30. The third kappa shape index (κ3) is 0.989. The van der Waals surface area contributed by atoms with Crippen LogP contribution in [0.2, 0.25) is 0 Å². The largest absolute Gasteiger partial charge is 0.0739 e. The first-order chi connectivity index (χ1) is 5.59. The van der Waals surface area contributed by atoms with Gasteiger partial charge in [0.1, 0.15) is 0 Å². The standard InChI is InChI=1S/C12H14/c1-9-4-5-10-6-7-12(2,3)11(10)8-9/h4-8H,1-3H3. The number of benzene rings is 1. The molecule has 0 N–H and O–H groups in total. The number of allylic oxidation sites excluding steroid dienone is 1. The summed E-state index contributed by atoms with van der Waals surface area (Å²) in [4.78, 5) is 0. The maximum atomic E-state index is 2.29. The van der Waals surface area contributed by atoms with Gasteiger partial charge >= 0.3 is 0 Å². The molecule has 0 amide bonds. The van der Waals surface area contributed by atoms with E-state index in [9.17, 15) is 0 Å². The molecule has 0 heterocycles. The Labute approximate surface area is 73.9 Å². The lowest BCUT2D eigenvalue weighted by Gasteiger charge is -2.17. The van der Waals surface area contributed by atoms with Crippen LogP contribution in [-0.2, 0) is 5.41 Å². The van der Waals surface area contributed by atoms with Gasteiger partial charge in [0, 0.05) is 5.41 Å². The molecule has 0 bridgehead atoms. The van der Waals surface area contributed by atoms with Crippen LogP contribution in [0.5, 0.6) is 0 Å². The SMILES string of the molecule is Cc1ccc2c(c1)C(C)(C)C=C2. The molecular weight excluding hydrogens is 144 g/mol. The minimum absolute atomic E-state index is 0.237. The highest BCUT2D eigenvalue weighted by Gasteiger charge is 2.23. The van der Waals surface area contributed by atoms with E-state index < -0.39 is 0 Å². The van der Waals surface area contributed by atoms with Crippen LogP contribution in [0, 0.1) is 6.92 Å². The van der Waals surface area contributed by atoms with Crippen molar-refractivity contribution < 1.29 is 0 Å². The van der Waals surface area contributed by atoms with Gasteiger partial charge in [-0.1, -0.05) is 49.8 Å². The Morgan fingerprint density at radius 3 is 2.67 bits per heavy atom. The van der Waals surface area contributed by atoms with Crippen LogP contribution in [0.1, 0.15) is 30.5 Å². The summed E-state index contributed by atoms with van der Waals surface area (Å²) in [5.41, 5.74) is 4.43. The van der Waals surface area contributed by atoms with Gasteiger partial charge in [-0.25, -0.2) is 0 Å². The lowest BCUT2D eigenvalue weighted by Crippen LogP contribution is -2.10. The molecule has 0 aromatic heterocycles. The fourth-order valence-corrected chi connectivity index (χ4v) is 1.76. The van der Waals surface area contributed by atoms with E-state index in [4.69, 9.17) is 0 Å². The van der Waals surface area contributed by atoms with Crippen molar-refractivity contribution in [3.63, 3.8) is 0 Å². The molecule has 62 valence electrons. The maximum Gasteiger partial charge on any atom is 0.00846 e. The first kappa shape index (κ1) is 7.60. The van der Waals surface area contributed by atoms with E-state index in [1.165, 1.54) is 16.7 Å². The zero-order valence-corrected chi connectivity index (χ0v) is 7.89. The molecule has 12 heavy (non-hydrogen) atoms. The Morgan fingerprint density at radius 1 is 1.17 bits per heavy atom. The number of aryl methyl sites for hydroxylation is 1. The summed E-state index contributed by atoms with van der Waals surface area (Å²) in [6.45, 7) is 6.66. The van der Waals surface area contributed by atoms with Crippen LogP contribution in [-0.4, -0.2) is 0 Å².